The van der Waals surface area contributed by atoms with Crippen LogP contribution in [0.25, 0.3) is 0 Å². The smallest absolute Gasteiger partial charge is 0.170 e. The normalized spacial score (nSPS) is 15.6. The van der Waals surface area contributed by atoms with Gasteiger partial charge in [-0.05, 0) is 37.2 Å². The van der Waals surface area contributed by atoms with Crippen LogP contribution in [0, 0.1) is 0 Å². The van der Waals surface area contributed by atoms with Crippen LogP contribution in [0.15, 0.2) is 24.3 Å². The lowest BCUT2D eigenvalue weighted by atomic mass is 10.2. The van der Waals surface area contributed by atoms with Gasteiger partial charge in [-0.1, -0.05) is 18.9 Å². The fraction of sp³-hybridized carbons (Fsp3) is 0.462. The Labute approximate surface area is 108 Å². The summed E-state index contributed by atoms with van der Waals surface area (Å²) in [5.74, 6) is 0.832. The monoisotopic (exact) mass is 250 g/mol. The summed E-state index contributed by atoms with van der Waals surface area (Å²) in [6, 6.07) is 8.31. The summed E-state index contributed by atoms with van der Waals surface area (Å²) in [5.41, 5.74) is 0.958. The Kier molecular flexibility index (Phi) is 4.20. The van der Waals surface area contributed by atoms with Gasteiger partial charge in [0.15, 0.2) is 5.11 Å². The first-order valence-corrected chi connectivity index (χ1v) is 6.40. The van der Waals surface area contributed by atoms with E-state index in [0.717, 1.165) is 11.4 Å². The second-order valence-electron chi connectivity index (χ2n) is 4.31. The van der Waals surface area contributed by atoms with Crippen LogP contribution in [0.3, 0.4) is 0 Å². The average Bonchev–Trinajstić information content (AvgIpc) is 2.82. The van der Waals surface area contributed by atoms with Gasteiger partial charge in [0.05, 0.1) is 7.11 Å². The Morgan fingerprint density at radius 1 is 1.35 bits per heavy atom. The summed E-state index contributed by atoms with van der Waals surface area (Å²) < 4.78 is 5.17. The molecule has 1 saturated carbocycles. The minimum absolute atomic E-state index is 0.542. The topological polar surface area (TPSA) is 33.3 Å². The van der Waals surface area contributed by atoms with Crippen molar-refractivity contribution in [2.75, 3.05) is 12.4 Å². The first-order valence-electron chi connectivity index (χ1n) is 5.99. The van der Waals surface area contributed by atoms with Gasteiger partial charge in [-0.15, -0.1) is 0 Å². The molecule has 2 rings (SSSR count). The van der Waals surface area contributed by atoms with Crippen molar-refractivity contribution >= 4 is 23.0 Å². The molecule has 0 aliphatic heterocycles. The van der Waals surface area contributed by atoms with E-state index in [2.05, 4.69) is 10.6 Å². The first-order chi connectivity index (χ1) is 8.28. The summed E-state index contributed by atoms with van der Waals surface area (Å²) >= 11 is 5.29. The maximum Gasteiger partial charge on any atom is 0.170 e. The molecule has 1 fully saturated rings. The average molecular weight is 250 g/mol. The Morgan fingerprint density at radius 2 is 2.12 bits per heavy atom. The minimum Gasteiger partial charge on any atom is -0.497 e. The van der Waals surface area contributed by atoms with Gasteiger partial charge in [0.25, 0.3) is 0 Å². The van der Waals surface area contributed by atoms with Gasteiger partial charge in [-0.2, -0.15) is 0 Å². The zero-order chi connectivity index (χ0) is 12.1. The van der Waals surface area contributed by atoms with Crippen LogP contribution in [0.2, 0.25) is 0 Å². The lowest BCUT2D eigenvalue weighted by Crippen LogP contribution is -2.35. The largest absolute Gasteiger partial charge is 0.497 e. The van der Waals surface area contributed by atoms with E-state index in [4.69, 9.17) is 17.0 Å². The fourth-order valence-corrected chi connectivity index (χ4v) is 2.41. The lowest BCUT2D eigenvalue weighted by Gasteiger charge is -2.15. The van der Waals surface area contributed by atoms with Crippen molar-refractivity contribution in [1.29, 1.82) is 0 Å². The number of hydrogen-bond donors (Lipinski definition) is 2. The molecule has 92 valence electrons. The molecule has 0 radical (unpaired) electrons. The third-order valence-corrected chi connectivity index (χ3v) is 3.24. The van der Waals surface area contributed by atoms with E-state index in [0.29, 0.717) is 11.2 Å². The molecule has 0 atom stereocenters. The van der Waals surface area contributed by atoms with Crippen molar-refractivity contribution in [2.45, 2.75) is 31.7 Å². The second-order valence-corrected chi connectivity index (χ2v) is 4.72. The van der Waals surface area contributed by atoms with Gasteiger partial charge in [0.2, 0.25) is 0 Å². The molecule has 0 heterocycles. The molecular formula is C13H18N2OS. The zero-order valence-electron chi connectivity index (χ0n) is 10.0. The number of benzene rings is 1. The maximum absolute atomic E-state index is 5.29. The van der Waals surface area contributed by atoms with Crippen molar-refractivity contribution in [3.63, 3.8) is 0 Å². The van der Waals surface area contributed by atoms with Gasteiger partial charge >= 0.3 is 0 Å². The summed E-state index contributed by atoms with van der Waals surface area (Å²) in [7, 11) is 1.66. The summed E-state index contributed by atoms with van der Waals surface area (Å²) in [6.45, 7) is 0. The van der Waals surface area contributed by atoms with Crippen LogP contribution in [0.4, 0.5) is 5.69 Å². The molecule has 0 unspecified atom stereocenters. The number of rotatable bonds is 3. The third-order valence-electron chi connectivity index (χ3n) is 3.02. The lowest BCUT2D eigenvalue weighted by molar-refractivity contribution is 0.415. The molecule has 1 aliphatic rings. The quantitative estimate of drug-likeness (QED) is 0.808. The second kappa shape index (κ2) is 5.87. The predicted octanol–water partition coefficient (Wildman–Crippen LogP) is 2.92. The summed E-state index contributed by atoms with van der Waals surface area (Å²) in [4.78, 5) is 0. The Hall–Kier alpha value is -1.29. The number of thiocarbonyl (C=S) groups is 1. The molecule has 17 heavy (non-hydrogen) atoms. The van der Waals surface area contributed by atoms with Gasteiger partial charge in [-0.3, -0.25) is 0 Å². The van der Waals surface area contributed by atoms with Crippen molar-refractivity contribution in [1.82, 2.24) is 5.32 Å². The number of hydrogen-bond acceptors (Lipinski definition) is 2. The highest BCUT2D eigenvalue weighted by Gasteiger charge is 2.15. The van der Waals surface area contributed by atoms with Crippen LogP contribution >= 0.6 is 12.2 Å². The minimum atomic E-state index is 0.542. The van der Waals surface area contributed by atoms with E-state index in [9.17, 15) is 0 Å². The number of anilines is 1. The summed E-state index contributed by atoms with van der Waals surface area (Å²) in [6.07, 6.45) is 5.05. The van der Waals surface area contributed by atoms with Crippen LogP contribution < -0.4 is 15.4 Å². The highest BCUT2D eigenvalue weighted by molar-refractivity contribution is 7.80. The molecule has 0 spiro atoms. The van der Waals surface area contributed by atoms with Gasteiger partial charge in [-0.25, -0.2) is 0 Å². The van der Waals surface area contributed by atoms with Crippen molar-refractivity contribution < 1.29 is 4.74 Å². The zero-order valence-corrected chi connectivity index (χ0v) is 10.8. The fourth-order valence-electron chi connectivity index (χ4n) is 2.12. The molecule has 0 bridgehead atoms. The van der Waals surface area contributed by atoms with E-state index in [1.165, 1.54) is 25.7 Å². The summed E-state index contributed by atoms with van der Waals surface area (Å²) in [5, 5.41) is 7.23. The highest BCUT2D eigenvalue weighted by Crippen LogP contribution is 2.19. The van der Waals surface area contributed by atoms with Gasteiger partial charge in [0.1, 0.15) is 5.75 Å². The van der Waals surface area contributed by atoms with E-state index in [1.54, 1.807) is 7.11 Å². The van der Waals surface area contributed by atoms with Gasteiger partial charge in [0, 0.05) is 17.8 Å². The molecule has 0 amide bonds. The Morgan fingerprint density at radius 3 is 2.82 bits per heavy atom. The van der Waals surface area contributed by atoms with E-state index < -0.39 is 0 Å². The Bertz CT molecular complexity index is 389. The third kappa shape index (κ3) is 3.60. The molecule has 1 aliphatic carbocycles. The number of ether oxygens (including phenoxy) is 1. The van der Waals surface area contributed by atoms with Crippen molar-refractivity contribution in [3.8, 4) is 5.75 Å². The maximum atomic E-state index is 5.29. The first kappa shape index (κ1) is 12.2. The van der Waals surface area contributed by atoms with Crippen molar-refractivity contribution in [2.24, 2.45) is 0 Å². The number of methoxy groups -OCH3 is 1. The molecule has 2 N–H and O–H groups in total. The van der Waals surface area contributed by atoms with Crippen LogP contribution in [0.1, 0.15) is 25.7 Å². The highest BCUT2D eigenvalue weighted by atomic mass is 32.1. The van der Waals surface area contributed by atoms with Crippen LogP contribution in [-0.4, -0.2) is 18.3 Å². The van der Waals surface area contributed by atoms with Gasteiger partial charge < -0.3 is 15.4 Å². The molecule has 0 saturated heterocycles. The van der Waals surface area contributed by atoms with E-state index >= 15 is 0 Å². The van der Waals surface area contributed by atoms with E-state index in [-0.39, 0.29) is 0 Å². The standard InChI is InChI=1S/C13H18N2OS/c1-16-12-8-4-7-11(9-12)15-13(17)14-10-5-2-3-6-10/h4,7-10H,2-3,5-6H2,1H3,(H2,14,15,17). The van der Waals surface area contributed by atoms with E-state index in [1.807, 2.05) is 24.3 Å². The number of nitrogens with one attached hydrogen (secondary N) is 2. The Balaban J connectivity index is 1.88. The van der Waals surface area contributed by atoms with Crippen LogP contribution in [-0.2, 0) is 0 Å². The molecule has 1 aromatic carbocycles. The molecule has 0 aromatic heterocycles. The molecule has 1 aromatic rings. The molecular weight excluding hydrogens is 232 g/mol. The molecule has 3 nitrogen and oxygen atoms in total. The van der Waals surface area contributed by atoms with Crippen LogP contribution in [0.5, 0.6) is 5.75 Å². The molecule has 4 heteroatoms. The SMILES string of the molecule is COc1cccc(NC(=S)NC2CCCC2)c1. The predicted molar refractivity (Wildman–Crippen MR) is 74.6 cm³/mol. The van der Waals surface area contributed by atoms with Crippen molar-refractivity contribution in [3.05, 3.63) is 24.3 Å².